The molecule has 2 aliphatic heterocycles. The number of nitrogens with zero attached hydrogens (tertiary/aromatic N) is 2. The number of urea groups is 1. The van der Waals surface area contributed by atoms with E-state index in [-0.39, 0.29) is 53.5 Å². The van der Waals surface area contributed by atoms with Crippen LogP contribution in [0.2, 0.25) is 5.02 Å². The number of rotatable bonds is 7. The Morgan fingerprint density at radius 1 is 1.07 bits per heavy atom. The van der Waals surface area contributed by atoms with Gasteiger partial charge in [0.15, 0.2) is 0 Å². The summed E-state index contributed by atoms with van der Waals surface area (Å²) in [5, 5.41) is 34.0. The molecule has 0 aliphatic carbocycles. The Labute approximate surface area is 238 Å². The van der Waals surface area contributed by atoms with Gasteiger partial charge in [-0.05, 0) is 42.7 Å². The number of hydrogen-bond acceptors (Lipinski definition) is 8. The van der Waals surface area contributed by atoms with Crippen molar-refractivity contribution in [1.82, 2.24) is 20.4 Å². The number of halogens is 1. The highest BCUT2D eigenvalue weighted by Crippen LogP contribution is 2.30. The lowest BCUT2D eigenvalue weighted by atomic mass is 9.72. The first-order valence-electron chi connectivity index (χ1n) is 12.4. The second-order valence-corrected chi connectivity index (χ2v) is 9.60. The Morgan fingerprint density at radius 3 is 2.41 bits per heavy atom. The second-order valence-electron chi connectivity index (χ2n) is 9.20. The quantitative estimate of drug-likeness (QED) is 0.222. The highest BCUT2D eigenvalue weighted by Gasteiger charge is 2.41. The van der Waals surface area contributed by atoms with Crippen molar-refractivity contribution < 1.29 is 48.7 Å². The molecule has 2 aromatic rings. The van der Waals surface area contributed by atoms with Gasteiger partial charge in [0, 0.05) is 19.6 Å². The van der Waals surface area contributed by atoms with Crippen molar-refractivity contribution in [3.05, 3.63) is 63.7 Å². The number of fused-ring (bicyclic) bond motifs is 1. The molecule has 41 heavy (non-hydrogen) atoms. The van der Waals surface area contributed by atoms with Crippen LogP contribution in [-0.2, 0) is 20.8 Å². The number of benzene rings is 2. The van der Waals surface area contributed by atoms with E-state index in [1.54, 1.807) is 13.0 Å². The summed E-state index contributed by atoms with van der Waals surface area (Å²) < 4.78 is 5.40. The lowest BCUT2D eigenvalue weighted by Crippen LogP contribution is -2.60. The molecule has 0 aromatic heterocycles. The van der Waals surface area contributed by atoms with Gasteiger partial charge in [0.05, 0.1) is 22.1 Å². The zero-order valence-corrected chi connectivity index (χ0v) is 22.3. The summed E-state index contributed by atoms with van der Waals surface area (Å²) in [4.78, 5) is 76.3. The van der Waals surface area contributed by atoms with Gasteiger partial charge < -0.3 is 35.4 Å². The van der Waals surface area contributed by atoms with Crippen LogP contribution in [0.1, 0.15) is 44.8 Å². The molecule has 1 fully saturated rings. The Bertz CT molecular complexity index is 1450. The lowest BCUT2D eigenvalue weighted by molar-refractivity contribution is -0.153. The van der Waals surface area contributed by atoms with Gasteiger partial charge in [-0.3, -0.25) is 19.3 Å². The Morgan fingerprint density at radius 2 is 1.78 bits per heavy atom. The minimum atomic E-state index is -1.66. The van der Waals surface area contributed by atoms with Gasteiger partial charge in [-0.15, -0.1) is 0 Å². The summed E-state index contributed by atoms with van der Waals surface area (Å²) in [5.74, 6) is -6.60. The molecule has 5 amide bonds. The number of nitrogens with one attached hydrogen (secondary N) is 2. The van der Waals surface area contributed by atoms with Crippen LogP contribution >= 0.6 is 11.6 Å². The summed E-state index contributed by atoms with van der Waals surface area (Å²) in [5.41, 5.74) is -0.00392. The molecule has 2 atom stereocenters. The summed E-state index contributed by atoms with van der Waals surface area (Å²) in [6, 6.07) is 5.24. The SMILES string of the molecule is CCN1CCN(C(=O)NC(C(=O)N[C@H]2Cc3cccc(C(=O)O)c3OB2O)c2ccc(C(=O)O)c(Cl)c2)C(=O)C1=O. The molecule has 1 saturated heterocycles. The molecule has 2 aromatic carbocycles. The third kappa shape index (κ3) is 5.95. The van der Waals surface area contributed by atoms with Gasteiger partial charge >= 0.3 is 36.9 Å². The highest BCUT2D eigenvalue weighted by molar-refractivity contribution is 6.47. The third-order valence-electron chi connectivity index (χ3n) is 6.70. The maximum atomic E-state index is 13.5. The van der Waals surface area contributed by atoms with Gasteiger partial charge in [0.1, 0.15) is 11.8 Å². The molecule has 0 saturated carbocycles. The van der Waals surface area contributed by atoms with E-state index in [0.29, 0.717) is 10.5 Å². The van der Waals surface area contributed by atoms with Crippen LogP contribution in [0, 0.1) is 0 Å². The molecule has 0 radical (unpaired) electrons. The van der Waals surface area contributed by atoms with Gasteiger partial charge in [-0.2, -0.15) is 0 Å². The predicted octanol–water partition coefficient (Wildman–Crippen LogP) is 0.317. The lowest BCUT2D eigenvalue weighted by Gasteiger charge is -2.33. The standard InChI is InChI=1S/C25H24BClN4O10/c1-2-30-8-9-31(22(34)21(30)33)25(39)29-18(12-6-7-14(23(35)36)16(27)10-12)20(32)28-17-11-13-4-3-5-15(24(37)38)19(13)41-26(17)40/h3-7,10,17-18,40H,2,8-9,11H2,1H3,(H,28,32)(H,29,39)(H,35,36)(H,37,38)/t17-,18?/m0/s1. The number of amides is 5. The summed E-state index contributed by atoms with van der Waals surface area (Å²) >= 11 is 6.10. The molecular formula is C25H24BClN4O10. The maximum Gasteiger partial charge on any atom is 0.547 e. The van der Waals surface area contributed by atoms with E-state index < -0.39 is 54.8 Å². The molecular weight excluding hydrogens is 563 g/mol. The first kappa shape index (κ1) is 29.4. The van der Waals surface area contributed by atoms with Crippen LogP contribution < -0.4 is 15.3 Å². The molecule has 2 aliphatic rings. The fourth-order valence-electron chi connectivity index (χ4n) is 4.54. The van der Waals surface area contributed by atoms with Crippen molar-refractivity contribution >= 4 is 54.4 Å². The van der Waals surface area contributed by atoms with Gasteiger partial charge in [0.25, 0.3) is 0 Å². The number of carbonyl (C=O) groups excluding carboxylic acids is 4. The Hall–Kier alpha value is -4.63. The molecule has 0 bridgehead atoms. The fraction of sp³-hybridized carbons (Fsp3) is 0.280. The van der Waals surface area contributed by atoms with Crippen LogP contribution in [0.15, 0.2) is 36.4 Å². The number of hydrogen-bond donors (Lipinski definition) is 5. The van der Waals surface area contributed by atoms with Crippen molar-refractivity contribution in [2.24, 2.45) is 0 Å². The monoisotopic (exact) mass is 586 g/mol. The van der Waals surface area contributed by atoms with E-state index in [2.05, 4.69) is 10.6 Å². The topological polar surface area (TPSA) is 203 Å². The van der Waals surface area contributed by atoms with Crippen LogP contribution in [0.5, 0.6) is 5.75 Å². The minimum absolute atomic E-state index is 0.0330. The molecule has 16 heteroatoms. The third-order valence-corrected chi connectivity index (χ3v) is 7.01. The number of likely N-dealkylation sites (N-methyl/N-ethyl adjacent to an activating group) is 1. The average molecular weight is 587 g/mol. The molecule has 14 nitrogen and oxygen atoms in total. The van der Waals surface area contributed by atoms with E-state index in [1.165, 1.54) is 23.1 Å². The minimum Gasteiger partial charge on any atom is -0.534 e. The predicted molar refractivity (Wildman–Crippen MR) is 141 cm³/mol. The van der Waals surface area contributed by atoms with E-state index in [4.69, 9.17) is 16.3 Å². The summed E-state index contributed by atoms with van der Waals surface area (Å²) in [6.45, 7) is 1.90. The number of aromatic carboxylic acids is 2. The number of carbonyl (C=O) groups is 6. The van der Waals surface area contributed by atoms with E-state index in [1.807, 2.05) is 0 Å². The van der Waals surface area contributed by atoms with Crippen LogP contribution in [0.3, 0.4) is 0 Å². The average Bonchev–Trinajstić information content (AvgIpc) is 2.92. The van der Waals surface area contributed by atoms with Gasteiger partial charge in [-0.25, -0.2) is 14.4 Å². The highest BCUT2D eigenvalue weighted by atomic mass is 35.5. The van der Waals surface area contributed by atoms with Crippen molar-refractivity contribution in [1.29, 1.82) is 0 Å². The molecule has 5 N–H and O–H groups in total. The molecule has 214 valence electrons. The Kier molecular flexibility index (Phi) is 8.49. The number of para-hydroxylation sites is 1. The fourth-order valence-corrected chi connectivity index (χ4v) is 4.81. The second kappa shape index (κ2) is 11.9. The van der Waals surface area contributed by atoms with Crippen LogP contribution in [0.4, 0.5) is 4.79 Å². The van der Waals surface area contributed by atoms with E-state index >= 15 is 0 Å². The first-order chi connectivity index (χ1) is 19.4. The summed E-state index contributed by atoms with van der Waals surface area (Å²) in [7, 11) is -1.66. The number of carboxylic acid groups (broad SMARTS) is 2. The van der Waals surface area contributed by atoms with Crippen molar-refractivity contribution in [3.63, 3.8) is 0 Å². The molecule has 0 spiro atoms. The smallest absolute Gasteiger partial charge is 0.534 e. The number of carboxylic acids is 2. The number of imide groups is 1. The largest absolute Gasteiger partial charge is 0.547 e. The maximum absolute atomic E-state index is 13.5. The zero-order chi connectivity index (χ0) is 30.0. The van der Waals surface area contributed by atoms with E-state index in [0.717, 1.165) is 12.1 Å². The van der Waals surface area contributed by atoms with Crippen LogP contribution in [0.25, 0.3) is 0 Å². The summed E-state index contributed by atoms with van der Waals surface area (Å²) in [6.07, 6.45) is -0.0330. The zero-order valence-electron chi connectivity index (χ0n) is 21.5. The van der Waals surface area contributed by atoms with Crippen LogP contribution in [-0.4, -0.2) is 93.4 Å². The van der Waals surface area contributed by atoms with E-state index in [9.17, 15) is 44.0 Å². The molecule has 4 rings (SSSR count). The van der Waals surface area contributed by atoms with Gasteiger partial charge in [0.2, 0.25) is 5.91 Å². The molecule has 2 heterocycles. The van der Waals surface area contributed by atoms with Crippen molar-refractivity contribution in [2.45, 2.75) is 25.3 Å². The normalized spacial score (nSPS) is 17.3. The van der Waals surface area contributed by atoms with Gasteiger partial charge in [-0.1, -0.05) is 29.8 Å². The number of piperazine rings is 1. The first-order valence-corrected chi connectivity index (χ1v) is 12.7. The molecule has 1 unspecified atom stereocenters. The van der Waals surface area contributed by atoms with Crippen molar-refractivity contribution in [3.8, 4) is 5.75 Å². The Balaban J connectivity index is 1.61. The van der Waals surface area contributed by atoms with Crippen molar-refractivity contribution in [2.75, 3.05) is 19.6 Å².